The van der Waals surface area contributed by atoms with Crippen LogP contribution in [0.15, 0.2) is 82.8 Å². The molecule has 0 fully saturated rings. The normalized spacial score (nSPS) is 11.3. The maximum atomic E-state index is 12.4. The highest BCUT2D eigenvalue weighted by Crippen LogP contribution is 2.17. The van der Waals surface area contributed by atoms with Gasteiger partial charge in [-0.3, -0.25) is 9.52 Å². The third kappa shape index (κ3) is 6.16. The Morgan fingerprint density at radius 3 is 2.23 bits per heavy atom. The van der Waals surface area contributed by atoms with E-state index in [9.17, 15) is 13.2 Å². The Morgan fingerprint density at radius 2 is 1.61 bits per heavy atom. The average molecular weight is 438 g/mol. The molecule has 0 saturated carbocycles. The van der Waals surface area contributed by atoms with Crippen LogP contribution in [0, 0.1) is 6.92 Å². The standard InChI is InChI=1S/C23H23N3O4S/c1-3-30-21-12-6-18(7-13-21)16-24-25-23(27)19-8-10-20(11-9-19)26-31(28,29)22-14-4-17(2)5-15-22/h4-16,26H,3H2,1-2H3,(H,25,27). The van der Waals surface area contributed by atoms with Crippen molar-refractivity contribution < 1.29 is 17.9 Å². The summed E-state index contributed by atoms with van der Waals surface area (Å²) in [7, 11) is -3.70. The maximum Gasteiger partial charge on any atom is 0.271 e. The molecule has 3 aromatic rings. The molecule has 2 N–H and O–H groups in total. The number of benzene rings is 3. The molecule has 7 nitrogen and oxygen atoms in total. The number of sulfonamides is 1. The van der Waals surface area contributed by atoms with E-state index in [0.29, 0.717) is 17.9 Å². The maximum absolute atomic E-state index is 12.4. The largest absolute Gasteiger partial charge is 0.494 e. The summed E-state index contributed by atoms with van der Waals surface area (Å²) in [6.45, 7) is 4.39. The van der Waals surface area contributed by atoms with Crippen molar-refractivity contribution in [1.82, 2.24) is 5.43 Å². The van der Waals surface area contributed by atoms with Gasteiger partial charge in [-0.2, -0.15) is 5.10 Å². The predicted molar refractivity (Wildman–Crippen MR) is 121 cm³/mol. The van der Waals surface area contributed by atoms with Crippen LogP contribution in [0.25, 0.3) is 0 Å². The van der Waals surface area contributed by atoms with Gasteiger partial charge in [-0.25, -0.2) is 13.8 Å². The molecule has 0 aliphatic rings. The molecule has 0 unspecified atom stereocenters. The van der Waals surface area contributed by atoms with Crippen LogP contribution in [0.4, 0.5) is 5.69 Å². The zero-order chi connectivity index (χ0) is 22.3. The molecular formula is C23H23N3O4S. The molecule has 0 aromatic heterocycles. The summed E-state index contributed by atoms with van der Waals surface area (Å²) in [4.78, 5) is 12.4. The van der Waals surface area contributed by atoms with E-state index in [4.69, 9.17) is 4.74 Å². The molecule has 0 atom stereocenters. The lowest BCUT2D eigenvalue weighted by atomic mass is 10.2. The molecular weight excluding hydrogens is 414 g/mol. The van der Waals surface area contributed by atoms with Gasteiger partial charge in [0, 0.05) is 11.3 Å². The first-order chi connectivity index (χ1) is 14.9. The molecule has 0 saturated heterocycles. The van der Waals surface area contributed by atoms with Gasteiger partial charge in [0.1, 0.15) is 5.75 Å². The van der Waals surface area contributed by atoms with E-state index in [2.05, 4.69) is 15.2 Å². The van der Waals surface area contributed by atoms with Crippen molar-refractivity contribution in [2.75, 3.05) is 11.3 Å². The number of carbonyl (C=O) groups excluding carboxylic acids is 1. The lowest BCUT2D eigenvalue weighted by molar-refractivity contribution is 0.0955. The number of rotatable bonds is 8. The van der Waals surface area contributed by atoms with Crippen molar-refractivity contribution in [1.29, 1.82) is 0 Å². The molecule has 0 spiro atoms. The van der Waals surface area contributed by atoms with E-state index in [1.54, 1.807) is 24.3 Å². The van der Waals surface area contributed by atoms with Crippen molar-refractivity contribution in [3.05, 3.63) is 89.5 Å². The summed E-state index contributed by atoms with van der Waals surface area (Å²) in [5.74, 6) is 0.358. The van der Waals surface area contributed by atoms with Crippen LogP contribution in [-0.4, -0.2) is 27.1 Å². The highest BCUT2D eigenvalue weighted by Gasteiger charge is 2.14. The summed E-state index contributed by atoms with van der Waals surface area (Å²) in [6, 6.07) is 19.9. The average Bonchev–Trinajstić information content (AvgIpc) is 2.76. The van der Waals surface area contributed by atoms with Crippen molar-refractivity contribution in [3.63, 3.8) is 0 Å². The number of ether oxygens (including phenoxy) is 1. The minimum Gasteiger partial charge on any atom is -0.494 e. The number of anilines is 1. The van der Waals surface area contributed by atoms with Gasteiger partial charge in [0.15, 0.2) is 0 Å². The monoisotopic (exact) mass is 437 g/mol. The molecule has 3 aromatic carbocycles. The molecule has 160 valence electrons. The number of nitrogens with zero attached hydrogens (tertiary/aromatic N) is 1. The zero-order valence-electron chi connectivity index (χ0n) is 17.2. The summed E-state index contributed by atoms with van der Waals surface area (Å²) < 4.78 is 32.8. The van der Waals surface area contributed by atoms with Crippen LogP contribution < -0.4 is 14.9 Å². The Hall–Kier alpha value is -3.65. The van der Waals surface area contributed by atoms with Gasteiger partial charge >= 0.3 is 0 Å². The predicted octanol–water partition coefficient (Wildman–Crippen LogP) is 3.96. The Labute approximate surface area is 181 Å². The molecule has 0 heterocycles. The van der Waals surface area contributed by atoms with Crippen LogP contribution in [0.1, 0.15) is 28.4 Å². The van der Waals surface area contributed by atoms with E-state index in [1.165, 1.54) is 30.5 Å². The van der Waals surface area contributed by atoms with Crippen molar-refractivity contribution in [2.24, 2.45) is 5.10 Å². The van der Waals surface area contributed by atoms with Gasteiger partial charge < -0.3 is 4.74 Å². The topological polar surface area (TPSA) is 96.9 Å². The molecule has 0 bridgehead atoms. The van der Waals surface area contributed by atoms with Crippen LogP contribution in [0.2, 0.25) is 0 Å². The van der Waals surface area contributed by atoms with E-state index >= 15 is 0 Å². The first-order valence-electron chi connectivity index (χ1n) is 9.63. The van der Waals surface area contributed by atoms with E-state index in [1.807, 2.05) is 38.1 Å². The van der Waals surface area contributed by atoms with Crippen LogP contribution in [0.5, 0.6) is 5.75 Å². The molecule has 0 radical (unpaired) electrons. The number of nitrogens with one attached hydrogen (secondary N) is 2. The molecule has 0 aliphatic carbocycles. The van der Waals surface area contributed by atoms with Crippen molar-refractivity contribution in [3.8, 4) is 5.75 Å². The third-order valence-corrected chi connectivity index (χ3v) is 5.70. The number of carbonyl (C=O) groups is 1. The van der Waals surface area contributed by atoms with Crippen molar-refractivity contribution >= 4 is 27.8 Å². The summed E-state index contributed by atoms with van der Waals surface area (Å²) in [6.07, 6.45) is 1.53. The first kappa shape index (κ1) is 22.0. The van der Waals surface area contributed by atoms with Crippen LogP contribution >= 0.6 is 0 Å². The number of amides is 1. The minimum absolute atomic E-state index is 0.170. The Bertz CT molecular complexity index is 1150. The SMILES string of the molecule is CCOc1ccc(C=NNC(=O)c2ccc(NS(=O)(=O)c3ccc(C)cc3)cc2)cc1. The number of hydrazone groups is 1. The van der Waals surface area contributed by atoms with Crippen molar-refractivity contribution in [2.45, 2.75) is 18.7 Å². The Balaban J connectivity index is 1.59. The van der Waals surface area contributed by atoms with Gasteiger partial charge in [0.05, 0.1) is 17.7 Å². The second-order valence-electron chi connectivity index (χ2n) is 6.70. The fourth-order valence-electron chi connectivity index (χ4n) is 2.67. The molecule has 3 rings (SSSR count). The van der Waals surface area contributed by atoms with E-state index < -0.39 is 15.9 Å². The number of aryl methyl sites for hydroxylation is 1. The quantitative estimate of drug-likeness (QED) is 0.412. The first-order valence-corrected chi connectivity index (χ1v) is 11.1. The fraction of sp³-hybridized carbons (Fsp3) is 0.130. The second-order valence-corrected chi connectivity index (χ2v) is 8.38. The molecule has 0 aliphatic heterocycles. The van der Waals surface area contributed by atoms with E-state index in [0.717, 1.165) is 16.9 Å². The van der Waals surface area contributed by atoms with Crippen LogP contribution in [-0.2, 0) is 10.0 Å². The highest BCUT2D eigenvalue weighted by atomic mass is 32.2. The van der Waals surface area contributed by atoms with Gasteiger partial charge in [-0.1, -0.05) is 17.7 Å². The van der Waals surface area contributed by atoms with Gasteiger partial charge in [-0.05, 0) is 80.1 Å². The highest BCUT2D eigenvalue weighted by molar-refractivity contribution is 7.92. The fourth-order valence-corrected chi connectivity index (χ4v) is 3.73. The zero-order valence-corrected chi connectivity index (χ0v) is 18.0. The summed E-state index contributed by atoms with van der Waals surface area (Å²) >= 11 is 0. The number of hydrogen-bond acceptors (Lipinski definition) is 5. The van der Waals surface area contributed by atoms with E-state index in [-0.39, 0.29) is 4.90 Å². The Kier molecular flexibility index (Phi) is 7.04. The molecule has 8 heteroatoms. The van der Waals surface area contributed by atoms with Gasteiger partial charge in [0.25, 0.3) is 15.9 Å². The Morgan fingerprint density at radius 1 is 0.968 bits per heavy atom. The molecule has 1 amide bonds. The number of hydrogen-bond donors (Lipinski definition) is 2. The second kappa shape index (κ2) is 9.90. The van der Waals surface area contributed by atoms with Gasteiger partial charge in [0.2, 0.25) is 0 Å². The van der Waals surface area contributed by atoms with Gasteiger partial charge in [-0.15, -0.1) is 0 Å². The third-order valence-electron chi connectivity index (χ3n) is 4.30. The summed E-state index contributed by atoms with van der Waals surface area (Å²) in [5.41, 5.74) is 4.93. The minimum atomic E-state index is -3.70. The van der Waals surface area contributed by atoms with Crippen LogP contribution in [0.3, 0.4) is 0 Å². The lowest BCUT2D eigenvalue weighted by Gasteiger charge is -2.09. The molecule has 31 heavy (non-hydrogen) atoms. The summed E-state index contributed by atoms with van der Waals surface area (Å²) in [5, 5.41) is 3.95. The lowest BCUT2D eigenvalue weighted by Crippen LogP contribution is -2.18. The smallest absolute Gasteiger partial charge is 0.271 e.